The molecule has 2 atom stereocenters. The first kappa shape index (κ1) is 20.5. The molecule has 5 N–H and O–H groups in total. The summed E-state index contributed by atoms with van der Waals surface area (Å²) in [7, 11) is -2.61. The van der Waals surface area contributed by atoms with Gasteiger partial charge in [0.2, 0.25) is 15.9 Å². The fourth-order valence-corrected chi connectivity index (χ4v) is 5.72. The molecule has 2 amide bonds. The van der Waals surface area contributed by atoms with Gasteiger partial charge < -0.3 is 11.5 Å². The number of nitro groups is 1. The van der Waals surface area contributed by atoms with Gasteiger partial charge >= 0.3 is 0 Å². The lowest BCUT2D eigenvalue weighted by Gasteiger charge is -2.16. The first-order valence-corrected chi connectivity index (χ1v) is 10.1. The van der Waals surface area contributed by atoms with Crippen LogP contribution in [0.1, 0.15) is 32.7 Å². The fraction of sp³-hybridized carbons (Fsp3) is 0.385. The van der Waals surface area contributed by atoms with E-state index in [1.807, 2.05) is 0 Å². The summed E-state index contributed by atoms with van der Waals surface area (Å²) in [6, 6.07) is 1.25. The van der Waals surface area contributed by atoms with Crippen LogP contribution in [0.25, 0.3) is 0 Å². The second-order valence-corrected chi connectivity index (χ2v) is 9.33. The van der Waals surface area contributed by atoms with Crippen LogP contribution in [-0.2, 0) is 16.4 Å². The molecule has 0 saturated carbocycles. The maximum Gasteiger partial charge on any atom is 0.264 e. The van der Waals surface area contributed by atoms with Gasteiger partial charge in [-0.25, -0.2) is 13.1 Å². The molecule has 1 aliphatic heterocycles. The Labute approximate surface area is 158 Å². The third kappa shape index (κ3) is 3.79. The average Bonchev–Trinajstić information content (AvgIpc) is 2.74. The Morgan fingerprint density at radius 2 is 2.00 bits per heavy atom. The minimum atomic E-state index is -3.83. The van der Waals surface area contributed by atoms with Crippen molar-refractivity contribution in [2.75, 3.05) is 7.05 Å². The Hall–Kier alpha value is -1.83. The van der Waals surface area contributed by atoms with Crippen LogP contribution in [0.15, 0.2) is 15.9 Å². The van der Waals surface area contributed by atoms with Crippen molar-refractivity contribution >= 4 is 46.2 Å². The lowest BCUT2D eigenvalue weighted by Crippen LogP contribution is -2.36. The number of nitrogens with one attached hydrogen (secondary N) is 1. The molecule has 2 unspecified atom stereocenters. The molecule has 10 nitrogen and oxygen atoms in total. The number of carbonyl (C=O) groups is 2. The summed E-state index contributed by atoms with van der Waals surface area (Å²) in [4.78, 5) is 34.4. The molecule has 13 heteroatoms. The van der Waals surface area contributed by atoms with Crippen molar-refractivity contribution in [1.82, 2.24) is 4.72 Å². The quantitative estimate of drug-likeness (QED) is 0.288. The molecule has 0 aliphatic carbocycles. The van der Waals surface area contributed by atoms with Gasteiger partial charge in [-0.3, -0.25) is 19.7 Å². The van der Waals surface area contributed by atoms with E-state index in [0.717, 1.165) is 11.8 Å². The Bertz CT molecular complexity index is 902. The number of fused-ring (bicyclic) bond motifs is 1. The maximum absolute atomic E-state index is 12.2. The highest BCUT2D eigenvalue weighted by molar-refractivity contribution is 8.00. The summed E-state index contributed by atoms with van der Waals surface area (Å²) in [6.45, 7) is 0. The van der Waals surface area contributed by atoms with Gasteiger partial charge in [0.1, 0.15) is 0 Å². The number of rotatable bonds is 5. The number of benzene rings is 1. The van der Waals surface area contributed by atoms with E-state index in [4.69, 9.17) is 11.5 Å². The van der Waals surface area contributed by atoms with E-state index in [9.17, 15) is 28.1 Å². The van der Waals surface area contributed by atoms with Crippen LogP contribution >= 0.6 is 24.4 Å². The highest BCUT2D eigenvalue weighted by Gasteiger charge is 2.39. The zero-order valence-corrected chi connectivity index (χ0v) is 16.0. The summed E-state index contributed by atoms with van der Waals surface area (Å²) in [5.41, 5.74) is 10.5. The first-order chi connectivity index (χ1) is 12.0. The lowest BCUT2D eigenvalue weighted by atomic mass is 9.99. The van der Waals surface area contributed by atoms with Crippen LogP contribution in [0.3, 0.4) is 0 Å². The number of amides is 2. The number of carbonyl (C=O) groups excluding carboxylic acids is 2. The number of sulfonamides is 1. The van der Waals surface area contributed by atoms with Crippen LogP contribution in [0.4, 0.5) is 0 Å². The van der Waals surface area contributed by atoms with Crippen molar-refractivity contribution < 1.29 is 22.9 Å². The van der Waals surface area contributed by atoms with Crippen molar-refractivity contribution in [3.63, 3.8) is 0 Å². The fourth-order valence-electron chi connectivity index (χ4n) is 2.70. The minimum absolute atomic E-state index is 0.0249. The van der Waals surface area contributed by atoms with E-state index < -0.39 is 37.4 Å². The van der Waals surface area contributed by atoms with Crippen molar-refractivity contribution in [3.8, 4) is 0 Å². The Kier molecular flexibility index (Phi) is 5.85. The molecule has 1 heterocycles. The van der Waals surface area contributed by atoms with E-state index in [1.165, 1.54) is 13.1 Å². The summed E-state index contributed by atoms with van der Waals surface area (Å²) in [5.74, 6) is -1.90. The summed E-state index contributed by atoms with van der Waals surface area (Å²) in [5, 5.41) is 8.97. The van der Waals surface area contributed by atoms with Crippen LogP contribution in [0.2, 0.25) is 0 Å². The third-order valence-corrected chi connectivity index (χ3v) is 7.71. The zero-order valence-electron chi connectivity index (χ0n) is 13.5. The zero-order chi connectivity index (χ0) is 19.8. The molecule has 0 saturated heterocycles. The van der Waals surface area contributed by atoms with Crippen LogP contribution < -0.4 is 16.2 Å². The number of hydrogen-bond acceptors (Lipinski definition) is 8. The molecule has 1 aromatic rings. The van der Waals surface area contributed by atoms with E-state index in [0.29, 0.717) is 5.56 Å². The number of hydrogen-bond donors (Lipinski definition) is 4. The predicted octanol–water partition coefficient (Wildman–Crippen LogP) is -0.268. The lowest BCUT2D eigenvalue weighted by molar-refractivity contribution is -0.495. The van der Waals surface area contributed by atoms with Crippen LogP contribution in [0, 0.1) is 10.1 Å². The van der Waals surface area contributed by atoms with E-state index in [2.05, 4.69) is 17.4 Å². The Morgan fingerprint density at radius 3 is 2.46 bits per heavy atom. The van der Waals surface area contributed by atoms with Gasteiger partial charge in [-0.05, 0) is 36.9 Å². The summed E-state index contributed by atoms with van der Waals surface area (Å²) < 4.78 is 26.6. The van der Waals surface area contributed by atoms with Gasteiger partial charge in [0, 0.05) is 21.1 Å². The molecule has 0 radical (unpaired) electrons. The minimum Gasteiger partial charge on any atom is -0.366 e. The van der Waals surface area contributed by atoms with Gasteiger partial charge in [0.05, 0.1) is 16.4 Å². The van der Waals surface area contributed by atoms with E-state index in [-0.39, 0.29) is 33.8 Å². The highest BCUT2D eigenvalue weighted by Crippen LogP contribution is 2.42. The topological polar surface area (TPSA) is 175 Å². The van der Waals surface area contributed by atoms with Crippen molar-refractivity contribution in [2.24, 2.45) is 11.5 Å². The molecular weight excluding hydrogens is 404 g/mol. The van der Waals surface area contributed by atoms with E-state index in [1.54, 1.807) is 0 Å². The molecule has 2 rings (SSSR count). The number of nitrogens with two attached hydrogens (primary N) is 2. The van der Waals surface area contributed by atoms with Crippen molar-refractivity contribution in [3.05, 3.63) is 32.9 Å². The van der Waals surface area contributed by atoms with Gasteiger partial charge in [0.15, 0.2) is 0 Å². The normalized spacial score (nSPS) is 20.1. The number of thiol groups is 1. The van der Waals surface area contributed by atoms with Crippen LogP contribution in [-0.4, -0.2) is 42.8 Å². The molecule has 0 fully saturated rings. The second kappa shape index (κ2) is 7.42. The van der Waals surface area contributed by atoms with Gasteiger partial charge in [0.25, 0.3) is 11.3 Å². The monoisotopic (exact) mass is 420 g/mol. The molecule has 0 aromatic heterocycles. The van der Waals surface area contributed by atoms with Crippen molar-refractivity contribution in [1.29, 1.82) is 0 Å². The Morgan fingerprint density at radius 1 is 1.38 bits per heavy atom. The molecular formula is C13H16N4O6S3. The first-order valence-electron chi connectivity index (χ1n) is 7.20. The molecule has 1 aliphatic rings. The largest absolute Gasteiger partial charge is 0.366 e. The smallest absolute Gasteiger partial charge is 0.264 e. The molecule has 0 spiro atoms. The predicted molar refractivity (Wildman–Crippen MR) is 97.5 cm³/mol. The SMILES string of the molecule is CNS(=O)(=O)C1Cc2cc(C(N)=O)c(C(N)=O)c(S)c2SC([N+](=O)[O-])C1. The van der Waals surface area contributed by atoms with E-state index >= 15 is 0 Å². The molecule has 1 aromatic carbocycles. The average molecular weight is 420 g/mol. The van der Waals surface area contributed by atoms with Gasteiger partial charge in [-0.1, -0.05) is 0 Å². The number of thioether (sulfide) groups is 1. The van der Waals surface area contributed by atoms with Crippen LogP contribution in [0.5, 0.6) is 0 Å². The number of primary amides is 2. The summed E-state index contributed by atoms with van der Waals surface area (Å²) in [6.07, 6.45) is -0.372. The standard InChI is InChI=1S/C13H16N4O6S3/c1-16-26(22,23)6-2-5-3-7(12(14)18)9(13(15)19)10(24)11(5)25-8(4-6)17(20)21/h3,6,8,16,24H,2,4H2,1H3,(H2,14,18)(H2,15,19). The second-order valence-electron chi connectivity index (χ2n) is 5.53. The number of nitrogens with zero attached hydrogens (tertiary/aromatic N) is 1. The van der Waals surface area contributed by atoms with Gasteiger partial charge in [-0.15, -0.1) is 12.6 Å². The molecule has 142 valence electrons. The molecule has 0 bridgehead atoms. The summed E-state index contributed by atoms with van der Waals surface area (Å²) >= 11 is 4.98. The maximum atomic E-state index is 12.2. The molecule has 26 heavy (non-hydrogen) atoms. The van der Waals surface area contributed by atoms with Gasteiger partial charge in [-0.2, -0.15) is 0 Å². The highest BCUT2D eigenvalue weighted by atomic mass is 32.2. The van der Waals surface area contributed by atoms with Crippen molar-refractivity contribution in [2.45, 2.75) is 33.3 Å². The third-order valence-electron chi connectivity index (χ3n) is 3.97. The Balaban J connectivity index is 2.75.